The number of rotatable bonds is 5. The Labute approximate surface area is 82.5 Å². The molecule has 0 heterocycles. The van der Waals surface area contributed by atoms with Crippen LogP contribution in [0.1, 0.15) is 13.8 Å². The fourth-order valence-electron chi connectivity index (χ4n) is 0.667. The van der Waals surface area contributed by atoms with E-state index in [0.717, 1.165) is 13.1 Å². The van der Waals surface area contributed by atoms with Gasteiger partial charge in [-0.1, -0.05) is 0 Å². The second-order valence-electron chi connectivity index (χ2n) is 1.88. The molecule has 0 fully saturated rings. The molecule has 11 heavy (non-hydrogen) atoms. The molecule has 0 radical (unpaired) electrons. The summed E-state index contributed by atoms with van der Waals surface area (Å²) in [6.45, 7) is 6.32. The average Bonchev–Trinajstić information content (AvgIpc) is 2.03. The molecule has 62 valence electrons. The van der Waals surface area contributed by atoms with Crippen molar-refractivity contribution in [3.05, 3.63) is 0 Å². The minimum absolute atomic E-state index is 0.334. The molecule has 0 saturated heterocycles. The van der Waals surface area contributed by atoms with Crippen LogP contribution in [-0.4, -0.2) is 52.0 Å². The molecule has 0 unspecified atom stereocenters. The summed E-state index contributed by atoms with van der Waals surface area (Å²) in [7, 11) is 0. The minimum atomic E-state index is 0.334. The van der Waals surface area contributed by atoms with Gasteiger partial charge in [0.25, 0.3) is 0 Å². The molecule has 0 bridgehead atoms. The molecule has 2 nitrogen and oxygen atoms in total. The third-order valence-electron chi connectivity index (χ3n) is 1.28. The first-order chi connectivity index (χ1) is 5.26. The van der Waals surface area contributed by atoms with E-state index < -0.39 is 0 Å². The standard InChI is InChI=1S/C7H12N2Se2/c1-3-9(4-2)7(10)11-6-5-8/h3-4,6H2,1-2H3. The summed E-state index contributed by atoms with van der Waals surface area (Å²) < 4.78 is 1.27. The van der Waals surface area contributed by atoms with Crippen LogP contribution >= 0.6 is 0 Å². The van der Waals surface area contributed by atoms with E-state index in [1.165, 1.54) is 3.44 Å². The zero-order chi connectivity index (χ0) is 8.69. The zero-order valence-corrected chi connectivity index (χ0v) is 10.3. The van der Waals surface area contributed by atoms with E-state index in [0.29, 0.717) is 20.3 Å². The predicted molar refractivity (Wildman–Crippen MR) is 49.9 cm³/mol. The molecule has 0 aromatic rings. The average molecular weight is 282 g/mol. The Balaban J connectivity index is 3.72. The Bertz CT molecular complexity index is 158. The summed E-state index contributed by atoms with van der Waals surface area (Å²) in [6.07, 6.45) is 0. The van der Waals surface area contributed by atoms with Gasteiger partial charge in [-0.2, -0.15) is 0 Å². The van der Waals surface area contributed by atoms with Gasteiger partial charge in [0, 0.05) is 0 Å². The monoisotopic (exact) mass is 284 g/mol. The maximum absolute atomic E-state index is 8.36. The van der Waals surface area contributed by atoms with Crippen LogP contribution in [0.2, 0.25) is 5.32 Å². The van der Waals surface area contributed by atoms with E-state index >= 15 is 0 Å². The van der Waals surface area contributed by atoms with Gasteiger partial charge in [-0.25, -0.2) is 0 Å². The number of nitriles is 1. The normalized spacial score (nSPS) is 8.82. The quantitative estimate of drug-likeness (QED) is 0.675. The van der Waals surface area contributed by atoms with Crippen molar-refractivity contribution in [1.29, 1.82) is 5.26 Å². The Hall–Kier alpha value is 0.199. The van der Waals surface area contributed by atoms with Crippen LogP contribution in [-0.2, 0) is 0 Å². The second-order valence-corrected chi connectivity index (χ2v) is 6.03. The first kappa shape index (κ1) is 11.2. The van der Waals surface area contributed by atoms with Crippen LogP contribution in [0.3, 0.4) is 0 Å². The van der Waals surface area contributed by atoms with Crippen LogP contribution < -0.4 is 0 Å². The van der Waals surface area contributed by atoms with Gasteiger partial charge in [-0.15, -0.1) is 0 Å². The van der Waals surface area contributed by atoms with E-state index in [1.54, 1.807) is 0 Å². The van der Waals surface area contributed by atoms with Crippen LogP contribution in [0.25, 0.3) is 0 Å². The third-order valence-corrected chi connectivity index (χ3v) is 4.74. The van der Waals surface area contributed by atoms with Gasteiger partial charge in [-0.05, 0) is 0 Å². The molecule has 0 N–H and O–H groups in total. The van der Waals surface area contributed by atoms with Crippen LogP contribution in [0, 0.1) is 11.3 Å². The van der Waals surface area contributed by atoms with Crippen molar-refractivity contribution in [2.24, 2.45) is 0 Å². The molecule has 0 saturated carbocycles. The Morgan fingerprint density at radius 3 is 2.45 bits per heavy atom. The second kappa shape index (κ2) is 6.88. The first-order valence-corrected chi connectivity index (χ1v) is 6.47. The molecule has 0 aliphatic carbocycles. The summed E-state index contributed by atoms with van der Waals surface area (Å²) in [5, 5.41) is 9.03. The number of hydrogen-bond donors (Lipinski definition) is 0. The van der Waals surface area contributed by atoms with Gasteiger partial charge in [0.15, 0.2) is 0 Å². The predicted octanol–water partition coefficient (Wildman–Crippen LogP) is 0.230. The summed E-state index contributed by atoms with van der Waals surface area (Å²) in [5.41, 5.74) is 0. The number of hydrogen-bond acceptors (Lipinski definition) is 2. The van der Waals surface area contributed by atoms with E-state index in [4.69, 9.17) is 5.26 Å². The zero-order valence-electron chi connectivity index (χ0n) is 6.83. The molecule has 0 aliphatic heterocycles. The first-order valence-electron chi connectivity index (χ1n) is 3.54. The van der Waals surface area contributed by atoms with Crippen molar-refractivity contribution >= 4 is 34.0 Å². The van der Waals surface area contributed by atoms with Gasteiger partial charge in [0.2, 0.25) is 0 Å². The van der Waals surface area contributed by atoms with Crippen molar-refractivity contribution in [2.75, 3.05) is 13.1 Å². The van der Waals surface area contributed by atoms with Crippen molar-refractivity contribution in [3.63, 3.8) is 0 Å². The fraction of sp³-hybridized carbons (Fsp3) is 0.714. The van der Waals surface area contributed by atoms with Gasteiger partial charge in [0.05, 0.1) is 0 Å². The number of nitrogens with zero attached hydrogens (tertiary/aromatic N) is 2. The summed E-state index contributed by atoms with van der Waals surface area (Å²) in [5.74, 6) is 0. The van der Waals surface area contributed by atoms with Crippen molar-refractivity contribution in [1.82, 2.24) is 4.90 Å². The Kier molecular flexibility index (Phi) is 7.01. The van der Waals surface area contributed by atoms with Crippen molar-refractivity contribution in [3.8, 4) is 6.07 Å². The SMILES string of the molecule is CCN(CC)C(=[Se])[Se]CC#N. The van der Waals surface area contributed by atoms with Gasteiger partial charge >= 0.3 is 82.5 Å². The molecule has 0 aromatic carbocycles. The summed E-state index contributed by atoms with van der Waals surface area (Å²) >= 11 is 3.37. The third kappa shape index (κ3) is 4.61. The van der Waals surface area contributed by atoms with Crippen molar-refractivity contribution in [2.45, 2.75) is 19.2 Å². The molecule has 0 atom stereocenters. The molecule has 4 heteroatoms. The fourth-order valence-corrected chi connectivity index (χ4v) is 3.17. The van der Waals surface area contributed by atoms with Gasteiger partial charge < -0.3 is 0 Å². The molecule has 0 rings (SSSR count). The maximum atomic E-state index is 8.36. The Morgan fingerprint density at radius 2 is 2.09 bits per heavy atom. The molecule has 0 amide bonds. The van der Waals surface area contributed by atoms with Crippen LogP contribution in [0.15, 0.2) is 0 Å². The molecular weight excluding hydrogens is 270 g/mol. The molecule has 0 aliphatic rings. The van der Waals surface area contributed by atoms with E-state index in [1.807, 2.05) is 0 Å². The molecular formula is C7H12N2Se2. The van der Waals surface area contributed by atoms with E-state index in [9.17, 15) is 0 Å². The van der Waals surface area contributed by atoms with Crippen LogP contribution in [0.4, 0.5) is 0 Å². The topological polar surface area (TPSA) is 27.0 Å². The van der Waals surface area contributed by atoms with Crippen molar-refractivity contribution < 1.29 is 0 Å². The van der Waals surface area contributed by atoms with Gasteiger partial charge in [0.1, 0.15) is 0 Å². The Morgan fingerprint density at radius 1 is 1.55 bits per heavy atom. The molecule has 0 spiro atoms. The van der Waals surface area contributed by atoms with Gasteiger partial charge in [-0.3, -0.25) is 0 Å². The summed E-state index contributed by atoms with van der Waals surface area (Å²) in [6, 6.07) is 2.16. The van der Waals surface area contributed by atoms with Crippen LogP contribution in [0.5, 0.6) is 0 Å². The van der Waals surface area contributed by atoms with E-state index in [2.05, 4.69) is 40.4 Å². The summed E-state index contributed by atoms with van der Waals surface area (Å²) in [4.78, 5) is 2.26. The van der Waals surface area contributed by atoms with E-state index in [-0.39, 0.29) is 0 Å². The molecule has 0 aromatic heterocycles.